The molecule has 0 heterocycles. The van der Waals surface area contributed by atoms with E-state index in [1.165, 1.54) is 0 Å². The van der Waals surface area contributed by atoms with Crippen LogP contribution in [-0.4, -0.2) is 18.2 Å². The second kappa shape index (κ2) is 8.15. The van der Waals surface area contributed by atoms with Crippen LogP contribution in [0.4, 0.5) is 0 Å². The zero-order valence-electron chi connectivity index (χ0n) is 14.2. The van der Waals surface area contributed by atoms with Crippen molar-refractivity contribution < 1.29 is 14.4 Å². The Morgan fingerprint density at radius 2 is 1.92 bits per heavy atom. The Morgan fingerprint density at radius 1 is 1.17 bits per heavy atom. The van der Waals surface area contributed by atoms with Crippen LogP contribution in [-0.2, 0) is 16.2 Å². The van der Waals surface area contributed by atoms with Crippen LogP contribution in [0.3, 0.4) is 0 Å². The smallest absolute Gasteiger partial charge is 0.271 e. The number of amides is 1. The Balaban J connectivity index is 2.28. The quantitative estimate of drug-likeness (QED) is 0.627. The van der Waals surface area contributed by atoms with E-state index in [2.05, 4.69) is 5.16 Å². The molecule has 0 radical (unpaired) electrons. The molecule has 5 nitrogen and oxygen atoms in total. The van der Waals surface area contributed by atoms with Crippen molar-refractivity contribution in [3.8, 4) is 5.75 Å². The van der Waals surface area contributed by atoms with Crippen LogP contribution in [0.15, 0.2) is 47.6 Å². The van der Waals surface area contributed by atoms with Gasteiger partial charge in [-0.25, -0.2) is 0 Å². The summed E-state index contributed by atoms with van der Waals surface area (Å²) in [5, 5.41) is 3.85. The summed E-state index contributed by atoms with van der Waals surface area (Å²) in [6.07, 6.45) is 0. The van der Waals surface area contributed by atoms with E-state index in [0.29, 0.717) is 18.8 Å². The first-order chi connectivity index (χ1) is 11.5. The lowest BCUT2D eigenvalue weighted by molar-refractivity contribution is -0.112. The van der Waals surface area contributed by atoms with Crippen molar-refractivity contribution in [1.82, 2.24) is 0 Å². The van der Waals surface area contributed by atoms with Gasteiger partial charge in [0.1, 0.15) is 19.0 Å². The highest BCUT2D eigenvalue weighted by molar-refractivity contribution is 6.45. The predicted molar refractivity (Wildman–Crippen MR) is 94.0 cm³/mol. The van der Waals surface area contributed by atoms with Gasteiger partial charge in [-0.15, -0.1) is 0 Å². The standard InChI is InChI=1S/C19H22N2O3/c1-4-24-21-18(19(20)22)16-8-6-5-7-15(16)12-23-17-11-13(2)9-10-14(17)3/h5-11H,4,12H2,1-3H3,(H2,20,22)/b21-18+. The maximum absolute atomic E-state index is 11.7. The van der Waals surface area contributed by atoms with Gasteiger partial charge in [-0.1, -0.05) is 41.6 Å². The Morgan fingerprint density at radius 3 is 2.62 bits per heavy atom. The van der Waals surface area contributed by atoms with E-state index in [1.54, 1.807) is 13.0 Å². The third-order valence-electron chi connectivity index (χ3n) is 3.52. The molecule has 0 aliphatic heterocycles. The lowest BCUT2D eigenvalue weighted by Gasteiger charge is -2.13. The Hall–Kier alpha value is -2.82. The molecule has 5 heteroatoms. The number of ether oxygens (including phenoxy) is 1. The average Bonchev–Trinajstić information content (AvgIpc) is 2.56. The molecule has 2 rings (SSSR count). The van der Waals surface area contributed by atoms with Crippen molar-refractivity contribution in [1.29, 1.82) is 0 Å². The van der Waals surface area contributed by atoms with E-state index in [9.17, 15) is 4.79 Å². The Bertz CT molecular complexity index is 754. The lowest BCUT2D eigenvalue weighted by Crippen LogP contribution is -2.26. The van der Waals surface area contributed by atoms with Crippen LogP contribution in [0.5, 0.6) is 5.75 Å². The fourth-order valence-corrected chi connectivity index (χ4v) is 2.25. The first-order valence-electron chi connectivity index (χ1n) is 7.81. The van der Waals surface area contributed by atoms with Crippen LogP contribution >= 0.6 is 0 Å². The highest BCUT2D eigenvalue weighted by Gasteiger charge is 2.16. The maximum Gasteiger partial charge on any atom is 0.271 e. The number of rotatable bonds is 7. The van der Waals surface area contributed by atoms with Crippen LogP contribution in [0.1, 0.15) is 29.2 Å². The number of primary amides is 1. The molecule has 126 valence electrons. The minimum atomic E-state index is -0.636. The summed E-state index contributed by atoms with van der Waals surface area (Å²) in [7, 11) is 0. The summed E-state index contributed by atoms with van der Waals surface area (Å²) in [4.78, 5) is 16.7. The number of carbonyl (C=O) groups is 1. The molecule has 0 spiro atoms. The first kappa shape index (κ1) is 17.5. The molecule has 1 amide bonds. The minimum absolute atomic E-state index is 0.0945. The van der Waals surface area contributed by atoms with Crippen molar-refractivity contribution in [3.05, 3.63) is 64.7 Å². The van der Waals surface area contributed by atoms with Gasteiger partial charge in [-0.3, -0.25) is 4.79 Å². The van der Waals surface area contributed by atoms with Crippen molar-refractivity contribution >= 4 is 11.6 Å². The molecular formula is C19H22N2O3. The second-order valence-electron chi connectivity index (χ2n) is 5.44. The van der Waals surface area contributed by atoms with Crippen LogP contribution < -0.4 is 10.5 Å². The summed E-state index contributed by atoms with van der Waals surface area (Å²) in [6, 6.07) is 13.4. The molecular weight excluding hydrogens is 304 g/mol. The van der Waals surface area contributed by atoms with Crippen LogP contribution in [0.25, 0.3) is 0 Å². The SMILES string of the molecule is CCO/N=C(/C(N)=O)c1ccccc1COc1cc(C)ccc1C. The second-order valence-corrected chi connectivity index (χ2v) is 5.44. The molecule has 0 bridgehead atoms. The number of hydrogen-bond donors (Lipinski definition) is 1. The molecule has 0 aliphatic rings. The van der Waals surface area contributed by atoms with Gasteiger partial charge in [-0.2, -0.15) is 0 Å². The van der Waals surface area contributed by atoms with Crippen LogP contribution in [0.2, 0.25) is 0 Å². The lowest BCUT2D eigenvalue weighted by atomic mass is 10.0. The zero-order chi connectivity index (χ0) is 17.5. The van der Waals surface area contributed by atoms with E-state index in [1.807, 2.05) is 50.2 Å². The monoisotopic (exact) mass is 326 g/mol. The summed E-state index contributed by atoms with van der Waals surface area (Å²) < 4.78 is 5.93. The summed E-state index contributed by atoms with van der Waals surface area (Å²) in [5.41, 5.74) is 9.14. The summed E-state index contributed by atoms with van der Waals surface area (Å²) in [5.74, 6) is 0.176. The molecule has 2 N–H and O–H groups in total. The van der Waals surface area contributed by atoms with E-state index >= 15 is 0 Å². The molecule has 0 saturated carbocycles. The Labute approximate surface area is 142 Å². The van der Waals surface area contributed by atoms with Gasteiger partial charge >= 0.3 is 0 Å². The summed E-state index contributed by atoms with van der Waals surface area (Å²) >= 11 is 0. The third kappa shape index (κ3) is 4.35. The zero-order valence-corrected chi connectivity index (χ0v) is 14.2. The number of nitrogens with two attached hydrogens (primary N) is 1. The fraction of sp³-hybridized carbons (Fsp3) is 0.263. The van der Waals surface area contributed by atoms with Gasteiger partial charge in [0.2, 0.25) is 0 Å². The molecule has 0 fully saturated rings. The topological polar surface area (TPSA) is 73.9 Å². The molecule has 2 aromatic carbocycles. The predicted octanol–water partition coefficient (Wildman–Crippen LogP) is 3.11. The van der Waals surface area contributed by atoms with Gasteiger partial charge in [0.15, 0.2) is 5.71 Å². The number of carbonyl (C=O) groups excluding carboxylic acids is 1. The largest absolute Gasteiger partial charge is 0.489 e. The van der Waals surface area contributed by atoms with Crippen LogP contribution in [0, 0.1) is 13.8 Å². The maximum atomic E-state index is 11.7. The normalized spacial score (nSPS) is 11.2. The highest BCUT2D eigenvalue weighted by atomic mass is 16.6. The van der Waals surface area contributed by atoms with E-state index in [-0.39, 0.29) is 5.71 Å². The molecule has 0 unspecified atom stereocenters. The van der Waals surface area contributed by atoms with E-state index in [4.69, 9.17) is 15.3 Å². The summed E-state index contributed by atoms with van der Waals surface area (Å²) in [6.45, 7) is 6.46. The van der Waals surface area contributed by atoms with Gasteiger partial charge in [0.25, 0.3) is 5.91 Å². The molecule has 24 heavy (non-hydrogen) atoms. The molecule has 2 aromatic rings. The van der Waals surface area contributed by atoms with Gasteiger partial charge in [-0.05, 0) is 43.5 Å². The molecule has 0 aliphatic carbocycles. The molecule has 0 aromatic heterocycles. The number of hydrogen-bond acceptors (Lipinski definition) is 4. The number of aryl methyl sites for hydroxylation is 2. The van der Waals surface area contributed by atoms with Crippen molar-refractivity contribution in [2.24, 2.45) is 10.9 Å². The Kier molecular flexibility index (Phi) is 5.95. The van der Waals surface area contributed by atoms with E-state index in [0.717, 1.165) is 22.4 Å². The van der Waals surface area contributed by atoms with E-state index < -0.39 is 5.91 Å². The third-order valence-corrected chi connectivity index (χ3v) is 3.52. The van der Waals surface area contributed by atoms with Crippen molar-refractivity contribution in [3.63, 3.8) is 0 Å². The minimum Gasteiger partial charge on any atom is -0.489 e. The van der Waals surface area contributed by atoms with Gasteiger partial charge in [0.05, 0.1) is 0 Å². The number of oxime groups is 1. The van der Waals surface area contributed by atoms with Gasteiger partial charge in [0, 0.05) is 5.56 Å². The molecule has 0 saturated heterocycles. The average molecular weight is 326 g/mol. The fourth-order valence-electron chi connectivity index (χ4n) is 2.25. The molecule has 0 atom stereocenters. The highest BCUT2D eigenvalue weighted by Crippen LogP contribution is 2.21. The number of nitrogens with zero attached hydrogens (tertiary/aromatic N) is 1. The van der Waals surface area contributed by atoms with Crippen molar-refractivity contribution in [2.45, 2.75) is 27.4 Å². The van der Waals surface area contributed by atoms with Gasteiger partial charge < -0.3 is 15.3 Å². The number of benzene rings is 2. The van der Waals surface area contributed by atoms with Crippen molar-refractivity contribution in [2.75, 3.05) is 6.61 Å². The first-order valence-corrected chi connectivity index (χ1v) is 7.81.